The van der Waals surface area contributed by atoms with Gasteiger partial charge >= 0.3 is 6.09 Å². The van der Waals surface area contributed by atoms with Crippen molar-refractivity contribution < 1.29 is 28.0 Å². The van der Waals surface area contributed by atoms with Crippen molar-refractivity contribution in [3.05, 3.63) is 23.3 Å². The minimum Gasteiger partial charge on any atom is -0.497 e. The van der Waals surface area contributed by atoms with Gasteiger partial charge in [0.1, 0.15) is 28.9 Å². The van der Waals surface area contributed by atoms with Crippen LogP contribution in [0, 0.1) is 19.8 Å². The number of ether oxygens (including phenoxy) is 3. The van der Waals surface area contributed by atoms with Crippen LogP contribution in [0.25, 0.3) is 0 Å². The van der Waals surface area contributed by atoms with Crippen LogP contribution in [0.2, 0.25) is 0 Å². The molecule has 3 rings (SSSR count). The number of likely N-dealkylation sites (tertiary alicyclic amines) is 2. The molecule has 1 aromatic rings. The smallest absolute Gasteiger partial charge is 0.410 e. The molecule has 0 aliphatic carbocycles. The molecule has 10 heteroatoms. The minimum atomic E-state index is -1.34. The van der Waals surface area contributed by atoms with Gasteiger partial charge in [-0.15, -0.1) is 0 Å². The number of rotatable bonds is 8. The van der Waals surface area contributed by atoms with Crippen LogP contribution in [0.3, 0.4) is 0 Å². The first-order valence-electron chi connectivity index (χ1n) is 12.0. The summed E-state index contributed by atoms with van der Waals surface area (Å²) >= 11 is 0. The van der Waals surface area contributed by atoms with Gasteiger partial charge in [0, 0.05) is 39.1 Å². The lowest BCUT2D eigenvalue weighted by Gasteiger charge is -2.27. The number of amides is 2. The van der Waals surface area contributed by atoms with Gasteiger partial charge < -0.3 is 24.0 Å². The van der Waals surface area contributed by atoms with Crippen LogP contribution in [0.15, 0.2) is 17.0 Å². The molecule has 2 aliphatic rings. The number of methoxy groups -OCH3 is 1. The molecule has 2 aliphatic heterocycles. The van der Waals surface area contributed by atoms with Crippen molar-refractivity contribution in [2.24, 2.45) is 5.92 Å². The topological polar surface area (TPSA) is 88.6 Å². The van der Waals surface area contributed by atoms with E-state index in [4.69, 9.17) is 14.2 Å². The van der Waals surface area contributed by atoms with Crippen molar-refractivity contribution in [1.29, 1.82) is 0 Å². The van der Waals surface area contributed by atoms with Crippen molar-refractivity contribution >= 4 is 23.0 Å². The van der Waals surface area contributed by atoms with E-state index in [0.717, 1.165) is 28.2 Å². The number of hydrogen-bond donors (Lipinski definition) is 0. The quantitative estimate of drug-likeness (QED) is 0.501. The summed E-state index contributed by atoms with van der Waals surface area (Å²) in [7, 11) is 2.05. The molecule has 0 saturated carbocycles. The molecule has 2 amide bonds. The van der Waals surface area contributed by atoms with Gasteiger partial charge in [0.05, 0.1) is 24.7 Å². The molecule has 3 atom stereocenters. The first-order valence-corrected chi connectivity index (χ1v) is 13.2. The fourth-order valence-electron chi connectivity index (χ4n) is 4.72. The number of aryl methyl sites for hydroxylation is 2. The Morgan fingerprint density at radius 2 is 1.83 bits per heavy atom. The summed E-state index contributed by atoms with van der Waals surface area (Å²) in [5.41, 5.74) is 1.27. The number of benzene rings is 1. The summed E-state index contributed by atoms with van der Waals surface area (Å²) in [4.78, 5) is 29.5. The Morgan fingerprint density at radius 1 is 1.17 bits per heavy atom. The first kappa shape index (κ1) is 27.4. The van der Waals surface area contributed by atoms with Crippen LogP contribution in [0.1, 0.15) is 38.3 Å². The van der Waals surface area contributed by atoms with Crippen LogP contribution in [0.5, 0.6) is 5.75 Å². The predicted octanol–water partition coefficient (Wildman–Crippen LogP) is 2.75. The van der Waals surface area contributed by atoms with Gasteiger partial charge in [0.25, 0.3) is 0 Å². The third-order valence-electron chi connectivity index (χ3n) is 6.42. The normalized spacial score (nSPS) is 20.8. The zero-order valence-electron chi connectivity index (χ0n) is 22.0. The zero-order chi connectivity index (χ0) is 25.9. The Kier molecular flexibility index (Phi) is 8.82. The van der Waals surface area contributed by atoms with Crippen molar-refractivity contribution in [2.75, 3.05) is 53.6 Å². The summed E-state index contributed by atoms with van der Waals surface area (Å²) in [6.07, 6.45) is 0.548. The number of carbonyl (C=O) groups excluding carboxylic acids is 2. The number of carbonyl (C=O) groups is 2. The average Bonchev–Trinajstić information content (AvgIpc) is 3.35. The zero-order valence-corrected chi connectivity index (χ0v) is 22.8. The van der Waals surface area contributed by atoms with Gasteiger partial charge in [-0.05, 0) is 64.3 Å². The highest BCUT2D eigenvalue weighted by Crippen LogP contribution is 2.32. The fourth-order valence-corrected chi connectivity index (χ4v) is 5.95. The number of likely N-dealkylation sites (N-methyl/N-ethyl adjacent to an activating group) is 1. The van der Waals surface area contributed by atoms with Gasteiger partial charge in [-0.3, -0.25) is 4.79 Å². The van der Waals surface area contributed by atoms with Crippen LogP contribution < -0.4 is 4.74 Å². The van der Waals surface area contributed by atoms with Gasteiger partial charge in [0.2, 0.25) is 5.91 Å². The Morgan fingerprint density at radius 3 is 2.43 bits per heavy atom. The number of nitrogens with zero attached hydrogens (tertiary/aromatic N) is 3. The van der Waals surface area contributed by atoms with Crippen molar-refractivity contribution in [2.45, 2.75) is 57.6 Å². The number of fused-ring (bicyclic) bond motifs is 1. The van der Waals surface area contributed by atoms with E-state index in [9.17, 15) is 13.8 Å². The maximum absolute atomic E-state index is 13.0. The van der Waals surface area contributed by atoms with E-state index in [0.29, 0.717) is 26.2 Å². The summed E-state index contributed by atoms with van der Waals surface area (Å²) in [5.74, 6) is 0.941. The summed E-state index contributed by atoms with van der Waals surface area (Å²) in [5, 5.41) is 0. The summed E-state index contributed by atoms with van der Waals surface area (Å²) < 4.78 is 31.2. The minimum absolute atomic E-state index is 0.00909. The molecular weight excluding hydrogens is 470 g/mol. The lowest BCUT2D eigenvalue weighted by atomic mass is 10.1. The van der Waals surface area contributed by atoms with Gasteiger partial charge in [-0.1, -0.05) is 0 Å². The molecule has 2 saturated heterocycles. The highest BCUT2D eigenvalue weighted by Gasteiger charge is 2.45. The molecule has 0 radical (unpaired) electrons. The monoisotopic (exact) mass is 509 g/mol. The average molecular weight is 510 g/mol. The van der Waals surface area contributed by atoms with Crippen LogP contribution in [0.4, 0.5) is 4.79 Å². The summed E-state index contributed by atoms with van der Waals surface area (Å²) in [6, 6.07) is 3.76. The van der Waals surface area contributed by atoms with Gasteiger partial charge in [-0.25, -0.2) is 13.3 Å². The Bertz CT molecular complexity index is 940. The second kappa shape index (κ2) is 11.3. The molecule has 9 nitrogen and oxygen atoms in total. The van der Waals surface area contributed by atoms with E-state index in [1.807, 2.05) is 51.7 Å². The van der Waals surface area contributed by atoms with Crippen molar-refractivity contribution in [3.8, 4) is 5.75 Å². The molecule has 2 fully saturated rings. The predicted molar refractivity (Wildman–Crippen MR) is 134 cm³/mol. The van der Waals surface area contributed by atoms with Crippen LogP contribution in [-0.4, -0.2) is 95.5 Å². The van der Waals surface area contributed by atoms with E-state index in [1.54, 1.807) is 23.4 Å². The third kappa shape index (κ3) is 6.74. The largest absolute Gasteiger partial charge is 0.497 e. The molecule has 1 aromatic carbocycles. The second-order valence-electron chi connectivity index (χ2n) is 10.3. The van der Waals surface area contributed by atoms with E-state index < -0.39 is 16.6 Å². The Balaban J connectivity index is 1.45. The Hall–Kier alpha value is -2.17. The molecule has 35 heavy (non-hydrogen) atoms. The van der Waals surface area contributed by atoms with Crippen LogP contribution >= 0.6 is 0 Å². The molecule has 1 unspecified atom stereocenters. The maximum Gasteiger partial charge on any atom is 0.410 e. The molecular formula is C25H39N3O6S. The van der Waals surface area contributed by atoms with Gasteiger partial charge in [-0.2, -0.15) is 0 Å². The van der Waals surface area contributed by atoms with E-state index in [-0.39, 0.29) is 37.2 Å². The highest BCUT2D eigenvalue weighted by atomic mass is 32.2. The van der Waals surface area contributed by atoms with Gasteiger partial charge in [0.15, 0.2) is 0 Å². The molecule has 196 valence electrons. The Labute approximate surface area is 211 Å². The third-order valence-corrected chi connectivity index (χ3v) is 8.16. The van der Waals surface area contributed by atoms with Crippen molar-refractivity contribution in [1.82, 2.24) is 14.1 Å². The molecule has 0 aromatic heterocycles. The molecule has 0 bridgehead atoms. The number of hydrogen-bond acceptors (Lipinski definition) is 6. The van der Waals surface area contributed by atoms with E-state index in [2.05, 4.69) is 0 Å². The van der Waals surface area contributed by atoms with Crippen LogP contribution in [-0.2, 0) is 25.3 Å². The first-order chi connectivity index (χ1) is 16.4. The fraction of sp³-hybridized carbons (Fsp3) is 0.680. The molecule has 2 heterocycles. The standard InChI is InChI=1S/C25H39N3O6S/c1-17-12-20(32-7)13-18(2)23(17)35(31)26(6)10-11-33-16-22(29)28-9-8-19-14-27(15-21(19)28)24(30)34-25(3,4)5/h12-13,19,21H,8-11,14-16H2,1-7H3/t19-,21+,35?/m0/s1. The SMILES string of the molecule is COc1cc(C)c(S(=O)N(C)CCOCC(=O)N2CC[C@H]3CN(C(=O)OC(C)(C)C)C[C@H]32)c(C)c1. The van der Waals surface area contributed by atoms with E-state index in [1.165, 1.54) is 0 Å². The molecule has 0 N–H and O–H groups in total. The van der Waals surface area contributed by atoms with Crippen molar-refractivity contribution in [3.63, 3.8) is 0 Å². The second-order valence-corrected chi connectivity index (χ2v) is 11.9. The van der Waals surface area contributed by atoms with E-state index >= 15 is 0 Å². The lowest BCUT2D eigenvalue weighted by molar-refractivity contribution is -0.137. The lowest BCUT2D eigenvalue weighted by Crippen LogP contribution is -2.43. The molecule has 0 spiro atoms. The highest BCUT2D eigenvalue weighted by molar-refractivity contribution is 7.82. The maximum atomic E-state index is 13.0. The summed E-state index contributed by atoms with van der Waals surface area (Å²) in [6.45, 7) is 11.8.